The van der Waals surface area contributed by atoms with Crippen molar-refractivity contribution in [3.05, 3.63) is 0 Å². The van der Waals surface area contributed by atoms with Crippen molar-refractivity contribution in [3.8, 4) is 0 Å². The van der Waals surface area contributed by atoms with E-state index in [2.05, 4.69) is 0 Å². The van der Waals surface area contributed by atoms with Gasteiger partial charge in [-0.25, -0.2) is 0 Å². The molecule has 5 heteroatoms. The molecule has 0 spiro atoms. The third kappa shape index (κ3) is 3.48. The van der Waals surface area contributed by atoms with Crippen molar-refractivity contribution in [2.24, 2.45) is 5.92 Å². The Labute approximate surface area is 95.0 Å². The standard InChI is InChI=1S/C11H18O5/c1-4-14-10(12)8(11(13)15-5-2)6-9-7(3)16-9/h7-9H,4-6H2,1-3H3. The van der Waals surface area contributed by atoms with Crippen LogP contribution in [0.3, 0.4) is 0 Å². The second-order valence-electron chi connectivity index (χ2n) is 3.67. The lowest BCUT2D eigenvalue weighted by Gasteiger charge is -2.12. The number of epoxide rings is 1. The van der Waals surface area contributed by atoms with Gasteiger partial charge < -0.3 is 14.2 Å². The molecule has 0 radical (unpaired) electrons. The van der Waals surface area contributed by atoms with Crippen molar-refractivity contribution in [1.82, 2.24) is 0 Å². The molecule has 0 bridgehead atoms. The lowest BCUT2D eigenvalue weighted by atomic mass is 10.0. The summed E-state index contributed by atoms with van der Waals surface area (Å²) in [5, 5.41) is 0. The van der Waals surface area contributed by atoms with E-state index in [1.165, 1.54) is 0 Å². The molecule has 0 amide bonds. The zero-order valence-electron chi connectivity index (χ0n) is 9.89. The van der Waals surface area contributed by atoms with Crippen LogP contribution in [0.2, 0.25) is 0 Å². The van der Waals surface area contributed by atoms with Crippen LogP contribution in [0.15, 0.2) is 0 Å². The largest absolute Gasteiger partial charge is 0.465 e. The molecule has 0 aromatic rings. The maximum absolute atomic E-state index is 11.6. The van der Waals surface area contributed by atoms with Crippen molar-refractivity contribution in [1.29, 1.82) is 0 Å². The summed E-state index contributed by atoms with van der Waals surface area (Å²) in [6.45, 7) is 5.83. The van der Waals surface area contributed by atoms with Gasteiger partial charge in [-0.1, -0.05) is 0 Å². The van der Waals surface area contributed by atoms with Crippen LogP contribution in [0.25, 0.3) is 0 Å². The minimum atomic E-state index is -0.852. The SMILES string of the molecule is CCOC(=O)C(CC1OC1C)C(=O)OCC. The molecule has 2 unspecified atom stereocenters. The van der Waals surface area contributed by atoms with E-state index in [9.17, 15) is 9.59 Å². The predicted molar refractivity (Wildman–Crippen MR) is 55.7 cm³/mol. The number of rotatable bonds is 6. The maximum Gasteiger partial charge on any atom is 0.320 e. The molecule has 16 heavy (non-hydrogen) atoms. The second kappa shape index (κ2) is 5.84. The van der Waals surface area contributed by atoms with E-state index in [1.54, 1.807) is 13.8 Å². The Hall–Kier alpha value is -1.10. The Balaban J connectivity index is 2.53. The summed E-state index contributed by atoms with van der Waals surface area (Å²) in [4.78, 5) is 23.1. The van der Waals surface area contributed by atoms with E-state index < -0.39 is 17.9 Å². The van der Waals surface area contributed by atoms with Gasteiger partial charge in [-0.15, -0.1) is 0 Å². The Morgan fingerprint density at radius 2 is 1.62 bits per heavy atom. The number of hydrogen-bond donors (Lipinski definition) is 0. The summed E-state index contributed by atoms with van der Waals surface area (Å²) in [7, 11) is 0. The molecule has 0 aliphatic carbocycles. The Bertz CT molecular complexity index is 245. The molecule has 1 saturated heterocycles. The highest BCUT2D eigenvalue weighted by atomic mass is 16.6. The molecule has 2 atom stereocenters. The van der Waals surface area contributed by atoms with Crippen molar-refractivity contribution in [2.45, 2.75) is 39.4 Å². The smallest absolute Gasteiger partial charge is 0.320 e. The first-order valence-corrected chi connectivity index (χ1v) is 5.58. The minimum absolute atomic E-state index is 0.0289. The summed E-state index contributed by atoms with van der Waals surface area (Å²) in [5.74, 6) is -1.90. The third-order valence-corrected chi connectivity index (χ3v) is 2.45. The summed E-state index contributed by atoms with van der Waals surface area (Å²) < 4.78 is 14.9. The summed E-state index contributed by atoms with van der Waals surface area (Å²) in [5.41, 5.74) is 0. The van der Waals surface area contributed by atoms with Gasteiger partial charge >= 0.3 is 11.9 Å². The lowest BCUT2D eigenvalue weighted by molar-refractivity contribution is -0.162. The predicted octanol–water partition coefficient (Wildman–Crippen LogP) is 0.906. The van der Waals surface area contributed by atoms with E-state index in [-0.39, 0.29) is 25.4 Å². The van der Waals surface area contributed by atoms with Gasteiger partial charge in [-0.3, -0.25) is 9.59 Å². The fourth-order valence-corrected chi connectivity index (χ4v) is 1.48. The number of esters is 2. The van der Waals surface area contributed by atoms with E-state index in [0.29, 0.717) is 6.42 Å². The molecule has 1 fully saturated rings. The maximum atomic E-state index is 11.6. The second-order valence-corrected chi connectivity index (χ2v) is 3.67. The van der Waals surface area contributed by atoms with Crippen LogP contribution in [-0.4, -0.2) is 37.4 Å². The quantitative estimate of drug-likeness (QED) is 0.385. The van der Waals surface area contributed by atoms with E-state index in [4.69, 9.17) is 14.2 Å². The van der Waals surface area contributed by atoms with Gasteiger partial charge in [0.05, 0.1) is 25.4 Å². The van der Waals surface area contributed by atoms with Crippen LogP contribution in [0.4, 0.5) is 0 Å². The highest BCUT2D eigenvalue weighted by Crippen LogP contribution is 2.29. The van der Waals surface area contributed by atoms with E-state index in [1.807, 2.05) is 6.92 Å². The van der Waals surface area contributed by atoms with Gasteiger partial charge in [0.15, 0.2) is 5.92 Å². The van der Waals surface area contributed by atoms with Gasteiger partial charge in [-0.05, 0) is 20.8 Å². The van der Waals surface area contributed by atoms with Crippen molar-refractivity contribution >= 4 is 11.9 Å². The molecule has 1 aliphatic rings. The highest BCUT2D eigenvalue weighted by Gasteiger charge is 2.41. The van der Waals surface area contributed by atoms with Gasteiger partial charge in [0, 0.05) is 6.42 Å². The summed E-state index contributed by atoms with van der Waals surface area (Å²) in [6, 6.07) is 0. The van der Waals surface area contributed by atoms with Crippen LogP contribution in [-0.2, 0) is 23.8 Å². The molecule has 5 nitrogen and oxygen atoms in total. The molecule has 0 N–H and O–H groups in total. The average molecular weight is 230 g/mol. The highest BCUT2D eigenvalue weighted by molar-refractivity contribution is 5.95. The number of carbonyl (C=O) groups is 2. The zero-order valence-corrected chi connectivity index (χ0v) is 9.89. The normalized spacial score (nSPS) is 23.0. The first-order chi connectivity index (χ1) is 7.60. The Kier molecular flexibility index (Phi) is 4.73. The van der Waals surface area contributed by atoms with Crippen LogP contribution < -0.4 is 0 Å². The van der Waals surface area contributed by atoms with Crippen molar-refractivity contribution < 1.29 is 23.8 Å². The van der Waals surface area contributed by atoms with E-state index >= 15 is 0 Å². The zero-order chi connectivity index (χ0) is 12.1. The monoisotopic (exact) mass is 230 g/mol. The molecule has 1 heterocycles. The molecule has 1 aliphatic heterocycles. The van der Waals surface area contributed by atoms with Crippen LogP contribution >= 0.6 is 0 Å². The third-order valence-electron chi connectivity index (χ3n) is 2.45. The van der Waals surface area contributed by atoms with Crippen molar-refractivity contribution in [3.63, 3.8) is 0 Å². The molecule has 0 aromatic heterocycles. The minimum Gasteiger partial charge on any atom is -0.465 e. The summed E-state index contributed by atoms with van der Waals surface area (Å²) >= 11 is 0. The Morgan fingerprint density at radius 1 is 1.19 bits per heavy atom. The number of hydrogen-bond acceptors (Lipinski definition) is 5. The molecule has 0 aromatic carbocycles. The number of carbonyl (C=O) groups excluding carboxylic acids is 2. The first kappa shape index (κ1) is 13.0. The van der Waals surface area contributed by atoms with Crippen LogP contribution in [0.5, 0.6) is 0 Å². The van der Waals surface area contributed by atoms with Gasteiger partial charge in [0.25, 0.3) is 0 Å². The molecular weight excluding hydrogens is 212 g/mol. The van der Waals surface area contributed by atoms with Crippen molar-refractivity contribution in [2.75, 3.05) is 13.2 Å². The fraction of sp³-hybridized carbons (Fsp3) is 0.818. The molecule has 1 rings (SSSR count). The fourth-order valence-electron chi connectivity index (χ4n) is 1.48. The van der Waals surface area contributed by atoms with Gasteiger partial charge in [-0.2, -0.15) is 0 Å². The van der Waals surface area contributed by atoms with Crippen LogP contribution in [0.1, 0.15) is 27.2 Å². The molecular formula is C11H18O5. The Morgan fingerprint density at radius 3 is 1.94 bits per heavy atom. The van der Waals surface area contributed by atoms with E-state index in [0.717, 1.165) is 0 Å². The van der Waals surface area contributed by atoms with Crippen LogP contribution in [0, 0.1) is 5.92 Å². The number of ether oxygens (including phenoxy) is 3. The average Bonchev–Trinajstić information content (AvgIpc) is 2.91. The topological polar surface area (TPSA) is 65.1 Å². The molecule has 0 saturated carbocycles. The first-order valence-electron chi connectivity index (χ1n) is 5.58. The van der Waals surface area contributed by atoms with Gasteiger partial charge in [0.1, 0.15) is 0 Å². The summed E-state index contributed by atoms with van der Waals surface area (Å²) in [6.07, 6.45) is 0.434. The van der Waals surface area contributed by atoms with Gasteiger partial charge in [0.2, 0.25) is 0 Å². The lowest BCUT2D eigenvalue weighted by Crippen LogP contribution is -2.29. The molecule has 92 valence electrons.